The number of ether oxygens (including phenoxy) is 2. The van der Waals surface area contributed by atoms with Gasteiger partial charge in [-0.1, -0.05) is 23.8 Å². The zero-order chi connectivity index (χ0) is 22.8. The lowest BCUT2D eigenvalue weighted by atomic mass is 10.0. The van der Waals surface area contributed by atoms with Gasteiger partial charge >= 0.3 is 0 Å². The van der Waals surface area contributed by atoms with Crippen LogP contribution in [0, 0.1) is 12.7 Å². The molecule has 1 atom stereocenters. The molecule has 0 radical (unpaired) electrons. The van der Waals surface area contributed by atoms with Crippen LogP contribution in [0.1, 0.15) is 29.4 Å². The SMILES string of the molecule is COc1ccc(COCC2CCc3nc(-c4cc(C)ccc4F)c(-c4ccncc4)n32)cc1. The van der Waals surface area contributed by atoms with Crippen LogP contribution in [0.4, 0.5) is 4.39 Å². The molecule has 0 amide bonds. The quantitative estimate of drug-likeness (QED) is 0.364. The van der Waals surface area contributed by atoms with Crippen LogP contribution in [-0.4, -0.2) is 28.3 Å². The summed E-state index contributed by atoms with van der Waals surface area (Å²) in [5, 5.41) is 0. The maximum Gasteiger partial charge on any atom is 0.132 e. The van der Waals surface area contributed by atoms with E-state index < -0.39 is 0 Å². The number of methoxy groups -OCH3 is 1. The van der Waals surface area contributed by atoms with Gasteiger partial charge in [0.1, 0.15) is 17.4 Å². The van der Waals surface area contributed by atoms with Crippen LogP contribution >= 0.6 is 0 Å². The maximum atomic E-state index is 14.9. The van der Waals surface area contributed by atoms with Gasteiger partial charge in [-0.05, 0) is 55.3 Å². The van der Waals surface area contributed by atoms with E-state index in [1.807, 2.05) is 49.4 Å². The Hall–Kier alpha value is -3.51. The summed E-state index contributed by atoms with van der Waals surface area (Å²) in [5.74, 6) is 1.53. The molecule has 0 aliphatic carbocycles. The third kappa shape index (κ3) is 4.26. The Morgan fingerprint density at radius 2 is 1.85 bits per heavy atom. The van der Waals surface area contributed by atoms with E-state index in [1.54, 1.807) is 25.6 Å². The van der Waals surface area contributed by atoms with Gasteiger partial charge in [0.2, 0.25) is 0 Å². The van der Waals surface area contributed by atoms with Gasteiger partial charge in [0.05, 0.1) is 37.8 Å². The Labute approximate surface area is 192 Å². The number of nitrogens with zero attached hydrogens (tertiary/aromatic N) is 3. The van der Waals surface area contributed by atoms with Crippen molar-refractivity contribution >= 4 is 0 Å². The minimum atomic E-state index is -0.264. The molecule has 0 N–H and O–H groups in total. The Kier molecular flexibility index (Phi) is 5.92. The molecule has 33 heavy (non-hydrogen) atoms. The first kappa shape index (κ1) is 21.3. The number of rotatable bonds is 7. The van der Waals surface area contributed by atoms with E-state index in [1.165, 1.54) is 6.07 Å². The number of pyridine rings is 1. The molecule has 1 aliphatic heterocycles. The molecule has 3 heterocycles. The highest BCUT2D eigenvalue weighted by Crippen LogP contribution is 2.40. The van der Waals surface area contributed by atoms with E-state index in [9.17, 15) is 4.39 Å². The second-order valence-corrected chi connectivity index (χ2v) is 8.37. The number of halogens is 1. The lowest BCUT2D eigenvalue weighted by molar-refractivity contribution is 0.0925. The molecule has 0 spiro atoms. The molecule has 6 heteroatoms. The molecule has 4 aromatic rings. The first-order valence-electron chi connectivity index (χ1n) is 11.1. The van der Waals surface area contributed by atoms with Crippen LogP contribution in [0.2, 0.25) is 0 Å². The lowest BCUT2D eigenvalue weighted by Crippen LogP contribution is -2.13. The van der Waals surface area contributed by atoms with Crippen molar-refractivity contribution in [3.05, 3.63) is 89.8 Å². The van der Waals surface area contributed by atoms with E-state index in [4.69, 9.17) is 14.5 Å². The number of hydrogen-bond acceptors (Lipinski definition) is 4. The molecule has 5 rings (SSSR count). The van der Waals surface area contributed by atoms with Gasteiger partial charge in [-0.25, -0.2) is 9.37 Å². The number of fused-ring (bicyclic) bond motifs is 1. The van der Waals surface area contributed by atoms with Gasteiger partial charge in [-0.3, -0.25) is 4.98 Å². The second-order valence-electron chi connectivity index (χ2n) is 8.37. The summed E-state index contributed by atoms with van der Waals surface area (Å²) < 4.78 is 28.4. The molecule has 1 aliphatic rings. The number of imidazole rings is 1. The normalized spacial score (nSPS) is 14.9. The molecule has 168 valence electrons. The zero-order valence-electron chi connectivity index (χ0n) is 18.8. The molecular formula is C27H26FN3O2. The second kappa shape index (κ2) is 9.16. The van der Waals surface area contributed by atoms with Gasteiger partial charge in [0.15, 0.2) is 0 Å². The van der Waals surface area contributed by atoms with Gasteiger partial charge in [0.25, 0.3) is 0 Å². The summed E-state index contributed by atoms with van der Waals surface area (Å²) in [7, 11) is 1.66. The first-order valence-corrected chi connectivity index (χ1v) is 11.1. The van der Waals surface area contributed by atoms with Crippen molar-refractivity contribution in [3.8, 4) is 28.3 Å². The van der Waals surface area contributed by atoms with Crippen molar-refractivity contribution in [1.29, 1.82) is 0 Å². The fraction of sp³-hybridized carbons (Fsp3) is 0.259. The Morgan fingerprint density at radius 3 is 2.61 bits per heavy atom. The van der Waals surface area contributed by atoms with Gasteiger partial charge in [-0.2, -0.15) is 0 Å². The van der Waals surface area contributed by atoms with Crippen molar-refractivity contribution in [2.75, 3.05) is 13.7 Å². The Morgan fingerprint density at radius 1 is 1.06 bits per heavy atom. The first-order chi connectivity index (χ1) is 16.1. The van der Waals surface area contributed by atoms with Crippen molar-refractivity contribution in [3.63, 3.8) is 0 Å². The van der Waals surface area contributed by atoms with E-state index in [-0.39, 0.29) is 11.9 Å². The number of aryl methyl sites for hydroxylation is 2. The summed E-state index contributed by atoms with van der Waals surface area (Å²) in [4.78, 5) is 9.07. The fourth-order valence-corrected chi connectivity index (χ4v) is 4.46. The summed E-state index contributed by atoms with van der Waals surface area (Å²) in [6, 6.07) is 17.1. The average molecular weight is 444 g/mol. The highest BCUT2D eigenvalue weighted by Gasteiger charge is 2.31. The van der Waals surface area contributed by atoms with Crippen LogP contribution in [-0.2, 0) is 17.8 Å². The van der Waals surface area contributed by atoms with Crippen molar-refractivity contribution in [2.45, 2.75) is 32.4 Å². The molecule has 0 bridgehead atoms. The van der Waals surface area contributed by atoms with Gasteiger partial charge < -0.3 is 14.0 Å². The van der Waals surface area contributed by atoms with Crippen molar-refractivity contribution in [2.24, 2.45) is 0 Å². The maximum absolute atomic E-state index is 14.9. The van der Waals surface area contributed by atoms with Crippen LogP contribution < -0.4 is 4.74 Å². The largest absolute Gasteiger partial charge is 0.497 e. The van der Waals surface area contributed by atoms with Crippen molar-refractivity contribution in [1.82, 2.24) is 14.5 Å². The van der Waals surface area contributed by atoms with E-state index in [0.717, 1.165) is 46.8 Å². The molecule has 2 aromatic carbocycles. The number of benzene rings is 2. The number of hydrogen-bond donors (Lipinski definition) is 0. The molecule has 2 aromatic heterocycles. The van der Waals surface area contributed by atoms with Crippen LogP contribution in [0.25, 0.3) is 22.5 Å². The standard InChI is InChI=1S/C27H26FN3O2/c1-18-3-9-24(28)23(15-18)26-27(20-11-13-29-14-12-20)31-21(6-10-25(31)30-26)17-33-16-19-4-7-22(32-2)8-5-19/h3-5,7-9,11-15,21H,6,10,16-17H2,1-2H3. The van der Waals surface area contributed by atoms with Gasteiger partial charge in [0, 0.05) is 29.9 Å². The zero-order valence-corrected chi connectivity index (χ0v) is 18.8. The minimum absolute atomic E-state index is 0.135. The Balaban J connectivity index is 1.46. The Bertz CT molecular complexity index is 1250. The molecule has 0 fully saturated rings. The molecule has 0 saturated carbocycles. The monoisotopic (exact) mass is 443 g/mol. The summed E-state index contributed by atoms with van der Waals surface area (Å²) in [6.45, 7) is 3.05. The van der Waals surface area contributed by atoms with E-state index in [0.29, 0.717) is 24.5 Å². The predicted octanol–water partition coefficient (Wildman–Crippen LogP) is 5.77. The molecule has 0 saturated heterocycles. The van der Waals surface area contributed by atoms with Crippen LogP contribution in [0.5, 0.6) is 5.75 Å². The fourth-order valence-electron chi connectivity index (χ4n) is 4.46. The highest BCUT2D eigenvalue weighted by molar-refractivity contribution is 5.80. The molecule has 5 nitrogen and oxygen atoms in total. The topological polar surface area (TPSA) is 49.2 Å². The number of aromatic nitrogens is 3. The highest BCUT2D eigenvalue weighted by atomic mass is 19.1. The van der Waals surface area contributed by atoms with Gasteiger partial charge in [-0.15, -0.1) is 0 Å². The lowest BCUT2D eigenvalue weighted by Gasteiger charge is -2.18. The third-order valence-corrected chi connectivity index (χ3v) is 6.12. The third-order valence-electron chi connectivity index (χ3n) is 6.12. The van der Waals surface area contributed by atoms with Crippen LogP contribution in [0.3, 0.4) is 0 Å². The van der Waals surface area contributed by atoms with E-state index in [2.05, 4.69) is 9.55 Å². The van der Waals surface area contributed by atoms with Crippen molar-refractivity contribution < 1.29 is 13.9 Å². The molecular weight excluding hydrogens is 417 g/mol. The van der Waals surface area contributed by atoms with Crippen LogP contribution in [0.15, 0.2) is 67.0 Å². The minimum Gasteiger partial charge on any atom is -0.497 e. The summed E-state index contributed by atoms with van der Waals surface area (Å²) >= 11 is 0. The van der Waals surface area contributed by atoms with E-state index >= 15 is 0 Å². The smallest absolute Gasteiger partial charge is 0.132 e. The molecule has 1 unspecified atom stereocenters. The predicted molar refractivity (Wildman–Crippen MR) is 126 cm³/mol. The average Bonchev–Trinajstić information content (AvgIpc) is 3.41. The summed E-state index contributed by atoms with van der Waals surface area (Å²) in [6.07, 6.45) is 5.30. The summed E-state index contributed by atoms with van der Waals surface area (Å²) in [5.41, 5.74) is 5.20.